The van der Waals surface area contributed by atoms with Crippen molar-refractivity contribution in [2.45, 2.75) is 20.1 Å². The molecule has 0 N–H and O–H groups in total. The highest BCUT2D eigenvalue weighted by atomic mass is 79.9. The number of hydrogen-bond acceptors (Lipinski definition) is 5. The van der Waals surface area contributed by atoms with Crippen LogP contribution in [0.2, 0.25) is 10.0 Å². The highest BCUT2D eigenvalue weighted by Gasteiger charge is 2.35. The Bertz CT molecular complexity index is 1310. The molecule has 1 fully saturated rings. The lowest BCUT2D eigenvalue weighted by Crippen LogP contribution is -2.27. The van der Waals surface area contributed by atoms with Crippen LogP contribution in [0.25, 0.3) is 6.08 Å². The number of aryl methyl sites for hydroxylation is 1. The van der Waals surface area contributed by atoms with Crippen LogP contribution in [-0.4, -0.2) is 23.2 Å². The Labute approximate surface area is 226 Å². The van der Waals surface area contributed by atoms with E-state index in [2.05, 4.69) is 15.9 Å². The third-order valence-corrected chi connectivity index (χ3v) is 7.51. The van der Waals surface area contributed by atoms with E-state index in [1.807, 2.05) is 37.3 Å². The van der Waals surface area contributed by atoms with Gasteiger partial charge < -0.3 is 9.47 Å². The van der Waals surface area contributed by atoms with Gasteiger partial charge in [-0.15, -0.1) is 0 Å². The number of carbonyl (C=O) groups excluding carboxylic acids is 2. The summed E-state index contributed by atoms with van der Waals surface area (Å²) >= 11 is 16.8. The molecule has 2 amide bonds. The fourth-order valence-corrected chi connectivity index (χ4v) is 5.36. The van der Waals surface area contributed by atoms with Crippen LogP contribution in [0.4, 0.5) is 4.79 Å². The highest BCUT2D eigenvalue weighted by Crippen LogP contribution is 2.40. The maximum Gasteiger partial charge on any atom is 0.293 e. The molecule has 180 valence electrons. The Hall–Kier alpha value is -2.45. The first kappa shape index (κ1) is 25.6. The number of imide groups is 1. The van der Waals surface area contributed by atoms with E-state index in [1.165, 1.54) is 5.56 Å². The van der Waals surface area contributed by atoms with E-state index < -0.39 is 5.91 Å². The minimum absolute atomic E-state index is 0.000677. The van der Waals surface area contributed by atoms with Crippen LogP contribution >= 0.6 is 50.9 Å². The molecule has 0 bridgehead atoms. The second kappa shape index (κ2) is 11.1. The molecular formula is C26H20BrCl2NO4S. The maximum atomic E-state index is 13.0. The number of ether oxygens (including phenoxy) is 2. The van der Waals surface area contributed by atoms with Crippen molar-refractivity contribution in [3.8, 4) is 11.5 Å². The summed E-state index contributed by atoms with van der Waals surface area (Å²) in [7, 11) is 1.55. The topological polar surface area (TPSA) is 55.8 Å². The number of nitrogens with zero attached hydrogens (tertiary/aromatic N) is 1. The standard InChI is InChI=1S/C26H20BrCl2NO4S/c1-15-6-8-16(9-7-15)14-34-24-19(27)10-17(11-22(24)33-2)12-23-25(31)30(26(32)35-23)13-18-20(28)4-3-5-21(18)29/h3-12H,13-14H2,1-2H3/b23-12-. The third-order valence-electron chi connectivity index (χ3n) is 5.30. The second-order valence-corrected chi connectivity index (χ2v) is 10.4. The molecule has 35 heavy (non-hydrogen) atoms. The molecule has 1 aliphatic rings. The number of hydrogen-bond donors (Lipinski definition) is 0. The molecule has 0 aromatic heterocycles. The predicted octanol–water partition coefficient (Wildman–Crippen LogP) is 7.89. The van der Waals surface area contributed by atoms with Crippen LogP contribution in [-0.2, 0) is 17.9 Å². The van der Waals surface area contributed by atoms with Gasteiger partial charge in [0, 0.05) is 15.6 Å². The zero-order chi connectivity index (χ0) is 25.1. The first-order valence-corrected chi connectivity index (χ1v) is 12.9. The van der Waals surface area contributed by atoms with Crippen molar-refractivity contribution in [3.63, 3.8) is 0 Å². The van der Waals surface area contributed by atoms with E-state index in [0.717, 1.165) is 22.2 Å². The Morgan fingerprint density at radius 3 is 2.40 bits per heavy atom. The normalized spacial score (nSPS) is 14.7. The van der Waals surface area contributed by atoms with Gasteiger partial charge in [-0.3, -0.25) is 14.5 Å². The van der Waals surface area contributed by atoms with Crippen LogP contribution in [0, 0.1) is 6.92 Å². The lowest BCUT2D eigenvalue weighted by molar-refractivity contribution is -0.123. The second-order valence-electron chi connectivity index (χ2n) is 7.78. The Morgan fingerprint density at radius 1 is 1.06 bits per heavy atom. The minimum Gasteiger partial charge on any atom is -0.493 e. The highest BCUT2D eigenvalue weighted by molar-refractivity contribution is 9.10. The molecule has 0 unspecified atom stereocenters. The molecule has 5 nitrogen and oxygen atoms in total. The summed E-state index contributed by atoms with van der Waals surface area (Å²) in [6, 6.07) is 16.7. The first-order chi connectivity index (χ1) is 16.8. The van der Waals surface area contributed by atoms with Gasteiger partial charge >= 0.3 is 0 Å². The zero-order valence-corrected chi connectivity index (χ0v) is 22.7. The lowest BCUT2D eigenvalue weighted by Gasteiger charge is -2.15. The van der Waals surface area contributed by atoms with Gasteiger partial charge in [0.25, 0.3) is 11.1 Å². The molecule has 0 atom stereocenters. The summed E-state index contributed by atoms with van der Waals surface area (Å²) in [4.78, 5) is 27.0. The van der Waals surface area contributed by atoms with Gasteiger partial charge in [-0.1, -0.05) is 59.1 Å². The fraction of sp³-hybridized carbons (Fsp3) is 0.154. The smallest absolute Gasteiger partial charge is 0.293 e. The van der Waals surface area contributed by atoms with Gasteiger partial charge in [0.2, 0.25) is 0 Å². The summed E-state index contributed by atoms with van der Waals surface area (Å²) in [5, 5.41) is 0.409. The number of benzene rings is 3. The van der Waals surface area contributed by atoms with Crippen molar-refractivity contribution in [2.75, 3.05) is 7.11 Å². The first-order valence-electron chi connectivity index (χ1n) is 10.5. The van der Waals surface area contributed by atoms with Gasteiger partial charge in [0.1, 0.15) is 6.61 Å². The number of methoxy groups -OCH3 is 1. The van der Waals surface area contributed by atoms with Crippen molar-refractivity contribution in [1.29, 1.82) is 0 Å². The predicted molar refractivity (Wildman–Crippen MR) is 144 cm³/mol. The Balaban J connectivity index is 1.54. The van der Waals surface area contributed by atoms with Crippen molar-refractivity contribution in [3.05, 3.63) is 96.3 Å². The molecule has 1 saturated heterocycles. The molecule has 0 radical (unpaired) electrons. The molecule has 1 aliphatic heterocycles. The van der Waals surface area contributed by atoms with Crippen molar-refractivity contribution >= 4 is 68.1 Å². The summed E-state index contributed by atoms with van der Waals surface area (Å²) in [6.07, 6.45) is 1.65. The van der Waals surface area contributed by atoms with Gasteiger partial charge in [-0.2, -0.15) is 0 Å². The molecule has 3 aromatic carbocycles. The molecule has 0 saturated carbocycles. The van der Waals surface area contributed by atoms with E-state index in [1.54, 1.807) is 37.5 Å². The van der Waals surface area contributed by atoms with Gasteiger partial charge in [-0.25, -0.2) is 0 Å². The Morgan fingerprint density at radius 2 is 1.74 bits per heavy atom. The number of thioether (sulfide) groups is 1. The number of rotatable bonds is 7. The number of amides is 2. The van der Waals surface area contributed by atoms with E-state index >= 15 is 0 Å². The SMILES string of the molecule is COc1cc(/C=C2\SC(=O)N(Cc3c(Cl)cccc3Cl)C2=O)cc(Br)c1OCc1ccc(C)cc1. The number of carbonyl (C=O) groups is 2. The maximum absolute atomic E-state index is 13.0. The van der Waals surface area contributed by atoms with E-state index in [-0.39, 0.29) is 11.8 Å². The van der Waals surface area contributed by atoms with Crippen LogP contribution in [0.3, 0.4) is 0 Å². The monoisotopic (exact) mass is 591 g/mol. The number of halogens is 3. The average molecular weight is 593 g/mol. The van der Waals surface area contributed by atoms with Crippen LogP contribution in [0.5, 0.6) is 11.5 Å². The Kier molecular flexibility index (Phi) is 8.12. The quantitative estimate of drug-likeness (QED) is 0.261. The average Bonchev–Trinajstić information content (AvgIpc) is 3.08. The van der Waals surface area contributed by atoms with E-state index in [9.17, 15) is 9.59 Å². The van der Waals surface area contributed by atoms with E-state index in [4.69, 9.17) is 32.7 Å². The molecule has 0 aliphatic carbocycles. The minimum atomic E-state index is -0.411. The zero-order valence-electron chi connectivity index (χ0n) is 18.8. The largest absolute Gasteiger partial charge is 0.493 e. The molecule has 1 heterocycles. The fourth-order valence-electron chi connectivity index (χ4n) is 3.43. The van der Waals surface area contributed by atoms with Crippen molar-refractivity contribution in [2.24, 2.45) is 0 Å². The van der Waals surface area contributed by atoms with Gasteiger partial charge in [0.05, 0.1) is 23.0 Å². The van der Waals surface area contributed by atoms with Crippen molar-refractivity contribution in [1.82, 2.24) is 4.90 Å². The molecule has 4 rings (SSSR count). The summed E-state index contributed by atoms with van der Waals surface area (Å²) in [6.45, 7) is 2.40. The molecule has 9 heteroatoms. The molecule has 3 aromatic rings. The van der Waals surface area contributed by atoms with Gasteiger partial charge in [-0.05, 0) is 76.1 Å². The van der Waals surface area contributed by atoms with Gasteiger partial charge in [0.15, 0.2) is 11.5 Å². The third kappa shape index (κ3) is 5.86. The summed E-state index contributed by atoms with van der Waals surface area (Å²) in [5.41, 5.74) is 3.41. The summed E-state index contributed by atoms with van der Waals surface area (Å²) < 4.78 is 12.2. The molecular weight excluding hydrogens is 573 g/mol. The van der Waals surface area contributed by atoms with Crippen LogP contribution < -0.4 is 9.47 Å². The molecule has 0 spiro atoms. The lowest BCUT2D eigenvalue weighted by atomic mass is 10.1. The van der Waals surface area contributed by atoms with Crippen molar-refractivity contribution < 1.29 is 19.1 Å². The summed E-state index contributed by atoms with van der Waals surface area (Å²) in [5.74, 6) is 0.636. The van der Waals surface area contributed by atoms with Crippen LogP contribution in [0.15, 0.2) is 64.0 Å². The van der Waals surface area contributed by atoms with Crippen LogP contribution in [0.1, 0.15) is 22.3 Å². The van der Waals surface area contributed by atoms with E-state index in [0.29, 0.717) is 48.7 Å².